The van der Waals surface area contributed by atoms with Crippen molar-refractivity contribution in [2.45, 2.75) is 5.16 Å². The second kappa shape index (κ2) is 8.59. The van der Waals surface area contributed by atoms with Gasteiger partial charge in [0.1, 0.15) is 11.5 Å². The Balaban J connectivity index is 1.64. The average molecular weight is 384 g/mol. The zero-order chi connectivity index (χ0) is 19.2. The summed E-state index contributed by atoms with van der Waals surface area (Å²) in [7, 11) is 5.08. The molecule has 27 heavy (non-hydrogen) atoms. The van der Waals surface area contributed by atoms with Crippen LogP contribution in [0.3, 0.4) is 0 Å². The zero-order valence-corrected chi connectivity index (χ0v) is 16.1. The molecular weight excluding hydrogens is 364 g/mol. The van der Waals surface area contributed by atoms with Crippen molar-refractivity contribution >= 4 is 23.4 Å². The molecule has 1 heterocycles. The number of aromatic nitrogens is 3. The van der Waals surface area contributed by atoms with Crippen LogP contribution < -0.4 is 14.8 Å². The summed E-state index contributed by atoms with van der Waals surface area (Å²) in [6.45, 7) is 0. The molecule has 140 valence electrons. The van der Waals surface area contributed by atoms with E-state index in [-0.39, 0.29) is 11.7 Å². The fourth-order valence-corrected chi connectivity index (χ4v) is 3.19. The second-order valence-electron chi connectivity index (χ2n) is 5.67. The Morgan fingerprint density at radius 2 is 1.78 bits per heavy atom. The summed E-state index contributed by atoms with van der Waals surface area (Å²) in [5.74, 6) is 2.25. The van der Waals surface area contributed by atoms with Crippen LogP contribution in [0.15, 0.2) is 53.7 Å². The van der Waals surface area contributed by atoms with Gasteiger partial charge in [-0.2, -0.15) is 0 Å². The van der Waals surface area contributed by atoms with Crippen molar-refractivity contribution in [3.8, 4) is 22.9 Å². The van der Waals surface area contributed by atoms with Crippen LogP contribution in [0.2, 0.25) is 0 Å². The zero-order valence-electron chi connectivity index (χ0n) is 15.3. The van der Waals surface area contributed by atoms with E-state index in [1.165, 1.54) is 11.8 Å². The Bertz CT molecular complexity index is 942. The summed E-state index contributed by atoms with van der Waals surface area (Å²) >= 11 is 1.32. The monoisotopic (exact) mass is 384 g/mol. The molecule has 2 aromatic carbocycles. The quantitative estimate of drug-likeness (QED) is 0.630. The lowest BCUT2D eigenvalue weighted by Crippen LogP contribution is -2.14. The minimum absolute atomic E-state index is 0.126. The largest absolute Gasteiger partial charge is 0.497 e. The average Bonchev–Trinajstić information content (AvgIpc) is 3.07. The lowest BCUT2D eigenvalue weighted by molar-refractivity contribution is -0.113. The maximum absolute atomic E-state index is 12.2. The SMILES string of the molecule is COc1cccc(NC(=O)CSc2nnc(-c3cccc(OC)c3)n2C)c1. The van der Waals surface area contributed by atoms with Gasteiger partial charge in [0.15, 0.2) is 11.0 Å². The first kappa shape index (κ1) is 18.8. The Kier molecular flexibility index (Phi) is 5.97. The highest BCUT2D eigenvalue weighted by Crippen LogP contribution is 2.25. The number of nitrogens with one attached hydrogen (secondary N) is 1. The summed E-state index contributed by atoms with van der Waals surface area (Å²) in [6, 6.07) is 14.8. The summed E-state index contributed by atoms with van der Waals surface area (Å²) in [6.07, 6.45) is 0. The number of benzene rings is 2. The molecule has 0 unspecified atom stereocenters. The van der Waals surface area contributed by atoms with Crippen molar-refractivity contribution < 1.29 is 14.3 Å². The topological polar surface area (TPSA) is 78.3 Å². The molecule has 0 aliphatic carbocycles. The van der Waals surface area contributed by atoms with Gasteiger partial charge in [0, 0.05) is 24.4 Å². The van der Waals surface area contributed by atoms with Gasteiger partial charge in [-0.05, 0) is 24.3 Å². The number of amides is 1. The van der Waals surface area contributed by atoms with Gasteiger partial charge in [-0.25, -0.2) is 0 Å². The number of methoxy groups -OCH3 is 2. The van der Waals surface area contributed by atoms with Crippen molar-refractivity contribution in [1.82, 2.24) is 14.8 Å². The minimum Gasteiger partial charge on any atom is -0.497 e. The van der Waals surface area contributed by atoms with E-state index in [2.05, 4.69) is 15.5 Å². The number of anilines is 1. The molecule has 1 N–H and O–H groups in total. The Hall–Kier alpha value is -3.00. The predicted octanol–water partition coefficient (Wildman–Crippen LogP) is 3.23. The maximum atomic E-state index is 12.2. The number of hydrogen-bond acceptors (Lipinski definition) is 6. The molecule has 3 aromatic rings. The fraction of sp³-hybridized carbons (Fsp3) is 0.211. The molecule has 0 radical (unpaired) electrons. The van der Waals surface area contributed by atoms with E-state index < -0.39 is 0 Å². The van der Waals surface area contributed by atoms with Crippen LogP contribution in [0, 0.1) is 0 Å². The van der Waals surface area contributed by atoms with Gasteiger partial charge >= 0.3 is 0 Å². The molecule has 3 rings (SSSR count). The van der Waals surface area contributed by atoms with Crippen LogP contribution in [0.25, 0.3) is 11.4 Å². The molecule has 0 bridgehead atoms. The number of nitrogens with zero attached hydrogens (tertiary/aromatic N) is 3. The molecule has 0 atom stereocenters. The van der Waals surface area contributed by atoms with Crippen LogP contribution in [-0.2, 0) is 11.8 Å². The highest BCUT2D eigenvalue weighted by molar-refractivity contribution is 7.99. The van der Waals surface area contributed by atoms with Gasteiger partial charge < -0.3 is 19.4 Å². The number of ether oxygens (including phenoxy) is 2. The van der Waals surface area contributed by atoms with E-state index in [1.54, 1.807) is 20.3 Å². The lowest BCUT2D eigenvalue weighted by atomic mass is 10.2. The molecule has 0 saturated carbocycles. The smallest absolute Gasteiger partial charge is 0.234 e. The van der Waals surface area contributed by atoms with Crippen molar-refractivity contribution in [1.29, 1.82) is 0 Å². The number of rotatable bonds is 7. The molecule has 8 heteroatoms. The molecule has 0 spiro atoms. The van der Waals surface area contributed by atoms with Crippen LogP contribution in [0.1, 0.15) is 0 Å². The van der Waals surface area contributed by atoms with Gasteiger partial charge in [0.25, 0.3) is 0 Å². The van der Waals surface area contributed by atoms with Crippen molar-refractivity contribution in [3.63, 3.8) is 0 Å². The third-order valence-corrected chi connectivity index (χ3v) is 4.87. The van der Waals surface area contributed by atoms with Gasteiger partial charge in [-0.1, -0.05) is 30.0 Å². The van der Waals surface area contributed by atoms with Crippen LogP contribution in [0.4, 0.5) is 5.69 Å². The lowest BCUT2D eigenvalue weighted by Gasteiger charge is -2.07. The fourth-order valence-electron chi connectivity index (χ4n) is 2.48. The number of carbonyl (C=O) groups is 1. The van der Waals surface area contributed by atoms with Crippen molar-refractivity contribution in [2.75, 3.05) is 25.3 Å². The first-order chi connectivity index (χ1) is 13.1. The van der Waals surface area contributed by atoms with Gasteiger partial charge in [0.2, 0.25) is 5.91 Å². The third-order valence-electron chi connectivity index (χ3n) is 3.85. The standard InChI is InChI=1S/C19H20N4O3S/c1-23-18(13-6-4-8-15(10-13)25-2)21-22-19(23)27-12-17(24)20-14-7-5-9-16(11-14)26-3/h4-11H,12H2,1-3H3,(H,20,24). The molecule has 0 saturated heterocycles. The van der Waals surface area contributed by atoms with E-state index in [0.717, 1.165) is 11.3 Å². The predicted molar refractivity (Wildman–Crippen MR) is 105 cm³/mol. The first-order valence-electron chi connectivity index (χ1n) is 8.21. The van der Waals surface area contributed by atoms with E-state index in [9.17, 15) is 4.79 Å². The van der Waals surface area contributed by atoms with Gasteiger partial charge in [0.05, 0.1) is 20.0 Å². The summed E-state index contributed by atoms with van der Waals surface area (Å²) in [5.41, 5.74) is 1.59. The normalized spacial score (nSPS) is 10.5. The molecular formula is C19H20N4O3S. The van der Waals surface area contributed by atoms with Crippen molar-refractivity contribution in [2.24, 2.45) is 7.05 Å². The Morgan fingerprint density at radius 3 is 2.52 bits per heavy atom. The van der Waals surface area contributed by atoms with E-state index in [4.69, 9.17) is 9.47 Å². The highest BCUT2D eigenvalue weighted by Gasteiger charge is 2.13. The number of carbonyl (C=O) groups excluding carboxylic acids is 1. The van der Waals surface area contributed by atoms with E-state index in [0.29, 0.717) is 22.4 Å². The third kappa shape index (κ3) is 4.59. The van der Waals surface area contributed by atoms with E-state index in [1.807, 2.05) is 54.1 Å². The van der Waals surface area contributed by atoms with Gasteiger partial charge in [-0.15, -0.1) is 10.2 Å². The first-order valence-corrected chi connectivity index (χ1v) is 9.20. The molecule has 0 aliphatic rings. The molecule has 1 amide bonds. The Labute approximate surface area is 161 Å². The molecule has 1 aromatic heterocycles. The molecule has 0 aliphatic heterocycles. The minimum atomic E-state index is -0.126. The second-order valence-corrected chi connectivity index (χ2v) is 6.61. The number of hydrogen-bond donors (Lipinski definition) is 1. The van der Waals surface area contributed by atoms with Gasteiger partial charge in [-0.3, -0.25) is 4.79 Å². The number of thioether (sulfide) groups is 1. The molecule has 7 nitrogen and oxygen atoms in total. The van der Waals surface area contributed by atoms with Crippen LogP contribution >= 0.6 is 11.8 Å². The summed E-state index contributed by atoms with van der Waals surface area (Å²) < 4.78 is 12.3. The van der Waals surface area contributed by atoms with E-state index >= 15 is 0 Å². The van der Waals surface area contributed by atoms with Crippen LogP contribution in [-0.4, -0.2) is 40.6 Å². The van der Waals surface area contributed by atoms with Crippen LogP contribution in [0.5, 0.6) is 11.5 Å². The summed E-state index contributed by atoms with van der Waals surface area (Å²) in [5, 5.41) is 11.9. The summed E-state index contributed by atoms with van der Waals surface area (Å²) in [4.78, 5) is 12.2. The Morgan fingerprint density at radius 1 is 1.07 bits per heavy atom. The van der Waals surface area contributed by atoms with Crippen molar-refractivity contribution in [3.05, 3.63) is 48.5 Å². The highest BCUT2D eigenvalue weighted by atomic mass is 32.2. The molecule has 0 fully saturated rings. The maximum Gasteiger partial charge on any atom is 0.234 e.